The average molecular weight is 239 g/mol. The molecule has 2 aliphatic rings. The van der Waals surface area contributed by atoms with Crippen LogP contribution in [0.4, 0.5) is 0 Å². The Bertz CT molecular complexity index is 261. The van der Waals surface area contributed by atoms with Crippen molar-refractivity contribution in [1.82, 2.24) is 9.80 Å². The van der Waals surface area contributed by atoms with Crippen LogP contribution in [0.1, 0.15) is 39.0 Å². The summed E-state index contributed by atoms with van der Waals surface area (Å²) in [4.78, 5) is 16.4. The minimum atomic E-state index is -0.354. The molecular formula is C13H25N3O. The Labute approximate surface area is 104 Å². The topological polar surface area (TPSA) is 49.6 Å². The van der Waals surface area contributed by atoms with Gasteiger partial charge in [-0.05, 0) is 26.2 Å². The van der Waals surface area contributed by atoms with Crippen molar-refractivity contribution in [2.24, 2.45) is 5.73 Å². The molecule has 2 fully saturated rings. The molecule has 1 aliphatic carbocycles. The Morgan fingerprint density at radius 2 is 1.82 bits per heavy atom. The van der Waals surface area contributed by atoms with Gasteiger partial charge in [0.25, 0.3) is 0 Å². The fourth-order valence-electron chi connectivity index (χ4n) is 3.08. The molecule has 0 unspecified atom stereocenters. The highest BCUT2D eigenvalue weighted by atomic mass is 16.2. The quantitative estimate of drug-likeness (QED) is 0.776. The molecule has 2 N–H and O–H groups in total. The van der Waals surface area contributed by atoms with Crippen molar-refractivity contribution in [3.63, 3.8) is 0 Å². The lowest BCUT2D eigenvalue weighted by atomic mass is 10.2. The van der Waals surface area contributed by atoms with Gasteiger partial charge < -0.3 is 10.6 Å². The van der Waals surface area contributed by atoms with Gasteiger partial charge in [-0.3, -0.25) is 9.69 Å². The Balaban J connectivity index is 1.86. The number of nitrogens with two attached hydrogens (primary N) is 1. The molecule has 0 aromatic heterocycles. The molecule has 1 atom stereocenters. The number of amides is 1. The van der Waals surface area contributed by atoms with Gasteiger partial charge in [-0.15, -0.1) is 0 Å². The molecule has 4 heteroatoms. The molecule has 2 rings (SSSR count). The van der Waals surface area contributed by atoms with Crippen molar-refractivity contribution >= 4 is 5.91 Å². The van der Waals surface area contributed by atoms with Gasteiger partial charge >= 0.3 is 0 Å². The van der Waals surface area contributed by atoms with Crippen LogP contribution in [0.5, 0.6) is 0 Å². The van der Waals surface area contributed by atoms with E-state index in [2.05, 4.69) is 4.90 Å². The maximum Gasteiger partial charge on any atom is 0.239 e. The first kappa shape index (κ1) is 12.8. The van der Waals surface area contributed by atoms with Gasteiger partial charge in [0.2, 0.25) is 5.91 Å². The zero-order valence-corrected chi connectivity index (χ0v) is 10.9. The molecular weight excluding hydrogens is 214 g/mol. The predicted molar refractivity (Wildman–Crippen MR) is 68.7 cm³/mol. The molecule has 98 valence electrons. The first-order valence-electron chi connectivity index (χ1n) is 6.97. The molecule has 0 spiro atoms. The smallest absolute Gasteiger partial charge is 0.239 e. The van der Waals surface area contributed by atoms with E-state index in [1.54, 1.807) is 6.92 Å². The molecule has 0 aromatic carbocycles. The summed E-state index contributed by atoms with van der Waals surface area (Å²) in [6.07, 6.45) is 6.55. The number of hydrogen-bond donors (Lipinski definition) is 1. The van der Waals surface area contributed by atoms with E-state index in [1.807, 2.05) is 4.90 Å². The summed E-state index contributed by atoms with van der Waals surface area (Å²) in [6.45, 7) is 5.69. The summed E-state index contributed by atoms with van der Waals surface area (Å²) in [5.74, 6) is 0.110. The van der Waals surface area contributed by atoms with E-state index in [9.17, 15) is 4.79 Å². The van der Waals surface area contributed by atoms with Crippen molar-refractivity contribution in [1.29, 1.82) is 0 Å². The minimum absolute atomic E-state index is 0.110. The third-order valence-electron chi connectivity index (χ3n) is 4.07. The second-order valence-electron chi connectivity index (χ2n) is 5.44. The van der Waals surface area contributed by atoms with Gasteiger partial charge in [0.1, 0.15) is 0 Å². The van der Waals surface area contributed by atoms with E-state index in [0.29, 0.717) is 0 Å². The SMILES string of the molecule is C[C@@H](N)C(=O)N1CCCN(C2CCCC2)CC1. The number of carbonyl (C=O) groups is 1. The van der Waals surface area contributed by atoms with Crippen LogP contribution in [0, 0.1) is 0 Å². The third kappa shape index (κ3) is 3.19. The van der Waals surface area contributed by atoms with Crippen LogP contribution in [-0.2, 0) is 4.79 Å². The lowest BCUT2D eigenvalue weighted by Crippen LogP contribution is -2.44. The first-order chi connectivity index (χ1) is 8.18. The van der Waals surface area contributed by atoms with Crippen molar-refractivity contribution in [2.75, 3.05) is 26.2 Å². The number of rotatable bonds is 2. The van der Waals surface area contributed by atoms with Crippen LogP contribution in [0.2, 0.25) is 0 Å². The van der Waals surface area contributed by atoms with Crippen LogP contribution in [0.15, 0.2) is 0 Å². The lowest BCUT2D eigenvalue weighted by molar-refractivity contribution is -0.132. The van der Waals surface area contributed by atoms with Gasteiger partial charge in [0.15, 0.2) is 0 Å². The molecule has 0 aromatic rings. The van der Waals surface area contributed by atoms with Crippen LogP contribution in [-0.4, -0.2) is 54.0 Å². The molecule has 1 saturated carbocycles. The second kappa shape index (κ2) is 5.83. The van der Waals surface area contributed by atoms with E-state index in [0.717, 1.165) is 38.6 Å². The standard InChI is InChI=1S/C13H25N3O/c1-11(14)13(17)16-8-4-7-15(9-10-16)12-5-2-3-6-12/h11-12H,2-10,14H2,1H3/t11-/m1/s1. The maximum absolute atomic E-state index is 11.9. The van der Waals surface area contributed by atoms with E-state index in [-0.39, 0.29) is 11.9 Å². The highest BCUT2D eigenvalue weighted by molar-refractivity contribution is 5.81. The molecule has 1 saturated heterocycles. The van der Waals surface area contributed by atoms with Crippen molar-refractivity contribution < 1.29 is 4.79 Å². The average Bonchev–Trinajstić information content (AvgIpc) is 2.73. The second-order valence-corrected chi connectivity index (χ2v) is 5.44. The van der Waals surface area contributed by atoms with Crippen LogP contribution in [0.3, 0.4) is 0 Å². The molecule has 1 amide bonds. The Hall–Kier alpha value is -0.610. The summed E-state index contributed by atoms with van der Waals surface area (Å²) in [5.41, 5.74) is 5.67. The van der Waals surface area contributed by atoms with Crippen molar-refractivity contribution in [3.8, 4) is 0 Å². The minimum Gasteiger partial charge on any atom is -0.340 e. The van der Waals surface area contributed by atoms with Crippen LogP contribution < -0.4 is 5.73 Å². The lowest BCUT2D eigenvalue weighted by Gasteiger charge is -2.27. The van der Waals surface area contributed by atoms with Crippen molar-refractivity contribution in [3.05, 3.63) is 0 Å². The van der Waals surface area contributed by atoms with Gasteiger partial charge in [-0.25, -0.2) is 0 Å². The zero-order valence-electron chi connectivity index (χ0n) is 10.9. The number of hydrogen-bond acceptors (Lipinski definition) is 3. The first-order valence-corrected chi connectivity index (χ1v) is 6.97. The molecule has 17 heavy (non-hydrogen) atoms. The summed E-state index contributed by atoms with van der Waals surface area (Å²) in [5, 5.41) is 0. The Morgan fingerprint density at radius 1 is 1.12 bits per heavy atom. The van der Waals surface area contributed by atoms with Crippen LogP contribution >= 0.6 is 0 Å². The Morgan fingerprint density at radius 3 is 2.47 bits per heavy atom. The number of carbonyl (C=O) groups excluding carboxylic acids is 1. The van der Waals surface area contributed by atoms with Gasteiger partial charge in [-0.1, -0.05) is 12.8 Å². The van der Waals surface area contributed by atoms with Crippen molar-refractivity contribution in [2.45, 2.75) is 51.1 Å². The Kier molecular flexibility index (Phi) is 4.40. The summed E-state index contributed by atoms with van der Waals surface area (Å²) in [6, 6.07) is 0.424. The largest absolute Gasteiger partial charge is 0.340 e. The predicted octanol–water partition coefficient (Wildman–Crippen LogP) is 0.811. The van der Waals surface area contributed by atoms with Crippen LogP contribution in [0.25, 0.3) is 0 Å². The van der Waals surface area contributed by atoms with E-state index >= 15 is 0 Å². The molecule has 1 heterocycles. The third-order valence-corrected chi connectivity index (χ3v) is 4.07. The fourth-order valence-corrected chi connectivity index (χ4v) is 3.08. The molecule has 0 radical (unpaired) electrons. The highest BCUT2D eigenvalue weighted by Gasteiger charge is 2.26. The zero-order chi connectivity index (χ0) is 12.3. The van der Waals surface area contributed by atoms with E-state index in [4.69, 9.17) is 5.73 Å². The molecule has 1 aliphatic heterocycles. The maximum atomic E-state index is 11.9. The normalized spacial score (nSPS) is 25.9. The van der Waals surface area contributed by atoms with Gasteiger partial charge in [0.05, 0.1) is 6.04 Å². The number of nitrogens with zero attached hydrogens (tertiary/aromatic N) is 2. The van der Waals surface area contributed by atoms with Gasteiger partial charge in [-0.2, -0.15) is 0 Å². The summed E-state index contributed by atoms with van der Waals surface area (Å²) >= 11 is 0. The van der Waals surface area contributed by atoms with E-state index < -0.39 is 0 Å². The molecule has 0 bridgehead atoms. The van der Waals surface area contributed by atoms with Gasteiger partial charge in [0, 0.05) is 32.2 Å². The summed E-state index contributed by atoms with van der Waals surface area (Å²) < 4.78 is 0. The highest BCUT2D eigenvalue weighted by Crippen LogP contribution is 2.24. The van der Waals surface area contributed by atoms with E-state index in [1.165, 1.54) is 25.7 Å². The molecule has 4 nitrogen and oxygen atoms in total. The monoisotopic (exact) mass is 239 g/mol. The summed E-state index contributed by atoms with van der Waals surface area (Å²) in [7, 11) is 0. The fraction of sp³-hybridized carbons (Fsp3) is 0.923.